The molecule has 1 heterocycles. The zero-order chi connectivity index (χ0) is 19.9. The third-order valence-electron chi connectivity index (χ3n) is 2.89. The summed E-state index contributed by atoms with van der Waals surface area (Å²) in [6, 6.07) is 0.219. The standard InChI is InChI=1S/C14H14BrF3N2O4S2/c1-14(2,3)24-13(21)20(9-5-25-6-19-9)26(22,23)12-8(17)4-7(16)10(15)11(12)18/h4-6,13,21H,1-3H3. The third-order valence-corrected chi connectivity index (χ3v) is 5.97. The number of hydrogen-bond acceptors (Lipinski definition) is 6. The summed E-state index contributed by atoms with van der Waals surface area (Å²) in [6.07, 6.45) is -2.13. The van der Waals surface area contributed by atoms with Crippen LogP contribution in [0, 0.1) is 17.5 Å². The Morgan fingerprint density at radius 2 is 1.92 bits per heavy atom. The maximum Gasteiger partial charge on any atom is 0.275 e. The van der Waals surface area contributed by atoms with Crippen LogP contribution in [0.3, 0.4) is 0 Å². The molecule has 0 aliphatic rings. The van der Waals surface area contributed by atoms with E-state index < -0.39 is 48.9 Å². The molecule has 0 bridgehead atoms. The number of sulfonamides is 1. The molecule has 0 aliphatic heterocycles. The largest absolute Gasteiger partial charge is 0.350 e. The van der Waals surface area contributed by atoms with E-state index in [1.807, 2.05) is 0 Å². The van der Waals surface area contributed by atoms with Crippen molar-refractivity contribution in [2.75, 3.05) is 4.31 Å². The van der Waals surface area contributed by atoms with Crippen molar-refractivity contribution in [2.24, 2.45) is 0 Å². The van der Waals surface area contributed by atoms with E-state index >= 15 is 0 Å². The van der Waals surface area contributed by atoms with Crippen molar-refractivity contribution in [3.05, 3.63) is 38.9 Å². The van der Waals surface area contributed by atoms with E-state index in [-0.39, 0.29) is 16.2 Å². The van der Waals surface area contributed by atoms with E-state index in [0.29, 0.717) is 0 Å². The zero-order valence-electron chi connectivity index (χ0n) is 13.7. The Morgan fingerprint density at radius 1 is 1.31 bits per heavy atom. The normalized spacial score (nSPS) is 13.7. The summed E-state index contributed by atoms with van der Waals surface area (Å²) < 4.78 is 72.3. The Bertz CT molecular complexity index is 902. The van der Waals surface area contributed by atoms with Crippen LogP contribution >= 0.6 is 27.3 Å². The lowest BCUT2D eigenvalue weighted by molar-refractivity contribution is -0.157. The van der Waals surface area contributed by atoms with Crippen LogP contribution in [0.15, 0.2) is 26.3 Å². The third kappa shape index (κ3) is 4.19. The molecule has 0 saturated heterocycles. The van der Waals surface area contributed by atoms with E-state index in [2.05, 4.69) is 20.9 Å². The topological polar surface area (TPSA) is 79.7 Å². The Hall–Kier alpha value is -1.21. The predicted molar refractivity (Wildman–Crippen MR) is 92.6 cm³/mol. The summed E-state index contributed by atoms with van der Waals surface area (Å²) in [4.78, 5) is 2.30. The van der Waals surface area contributed by atoms with E-state index in [9.17, 15) is 26.7 Å². The van der Waals surface area contributed by atoms with Crippen molar-refractivity contribution >= 4 is 43.1 Å². The summed E-state index contributed by atoms with van der Waals surface area (Å²) in [5.74, 6) is -4.96. The first-order chi connectivity index (χ1) is 11.9. The number of thiazole rings is 1. The summed E-state index contributed by atoms with van der Waals surface area (Å²) in [6.45, 7) is 4.62. The van der Waals surface area contributed by atoms with Gasteiger partial charge in [0.05, 0.1) is 15.6 Å². The Balaban J connectivity index is 2.67. The van der Waals surface area contributed by atoms with Crippen LogP contribution in [0.2, 0.25) is 0 Å². The Labute approximate surface area is 160 Å². The molecule has 12 heteroatoms. The fourth-order valence-corrected chi connectivity index (χ4v) is 4.41. The number of anilines is 1. The fourth-order valence-electron chi connectivity index (χ4n) is 1.92. The predicted octanol–water partition coefficient (Wildman–Crippen LogP) is 3.61. The first-order valence-corrected chi connectivity index (χ1v) is 10.2. The summed E-state index contributed by atoms with van der Waals surface area (Å²) in [7, 11) is -5.04. The number of rotatable bonds is 5. The highest BCUT2D eigenvalue weighted by Gasteiger charge is 2.39. The van der Waals surface area contributed by atoms with Gasteiger partial charge in [-0.25, -0.2) is 26.6 Å². The number of aliphatic hydroxyl groups excluding tert-OH is 1. The molecule has 144 valence electrons. The van der Waals surface area contributed by atoms with Gasteiger partial charge in [0.1, 0.15) is 11.6 Å². The van der Waals surface area contributed by atoms with Crippen LogP contribution in [0.4, 0.5) is 19.0 Å². The summed E-state index contributed by atoms with van der Waals surface area (Å²) in [5, 5.41) is 11.5. The lowest BCUT2D eigenvalue weighted by atomic mass is 10.2. The van der Waals surface area contributed by atoms with Crippen molar-refractivity contribution in [3.63, 3.8) is 0 Å². The molecule has 0 fully saturated rings. The number of benzene rings is 1. The first-order valence-electron chi connectivity index (χ1n) is 6.98. The van der Waals surface area contributed by atoms with Gasteiger partial charge in [0.15, 0.2) is 16.5 Å². The van der Waals surface area contributed by atoms with Gasteiger partial charge in [0.2, 0.25) is 0 Å². The average molecular weight is 475 g/mol. The average Bonchev–Trinajstić information content (AvgIpc) is 2.95. The number of nitrogens with zero attached hydrogens (tertiary/aromatic N) is 2. The van der Waals surface area contributed by atoms with Crippen molar-refractivity contribution < 1.29 is 31.4 Å². The highest BCUT2D eigenvalue weighted by Crippen LogP contribution is 2.33. The van der Waals surface area contributed by atoms with Gasteiger partial charge in [0, 0.05) is 11.4 Å². The molecular formula is C14H14BrF3N2O4S2. The highest BCUT2D eigenvalue weighted by atomic mass is 79.9. The molecular weight excluding hydrogens is 461 g/mol. The summed E-state index contributed by atoms with van der Waals surface area (Å²) >= 11 is 3.52. The number of aromatic nitrogens is 1. The van der Waals surface area contributed by atoms with Gasteiger partial charge >= 0.3 is 0 Å². The van der Waals surface area contributed by atoms with Crippen LogP contribution in [0.25, 0.3) is 0 Å². The maximum absolute atomic E-state index is 14.3. The molecule has 1 aromatic heterocycles. The molecule has 1 N–H and O–H groups in total. The lowest BCUT2D eigenvalue weighted by Crippen LogP contribution is -2.46. The van der Waals surface area contributed by atoms with Gasteiger partial charge in [-0.05, 0) is 36.7 Å². The molecule has 1 unspecified atom stereocenters. The van der Waals surface area contributed by atoms with Crippen molar-refractivity contribution in [1.29, 1.82) is 0 Å². The SMILES string of the molecule is CC(C)(C)OC(O)N(c1cscn1)S(=O)(=O)c1c(F)cc(F)c(Br)c1F. The quantitative estimate of drug-likeness (QED) is 0.406. The molecule has 1 aromatic carbocycles. The number of ether oxygens (including phenoxy) is 1. The van der Waals surface area contributed by atoms with Crippen molar-refractivity contribution in [3.8, 4) is 0 Å². The monoisotopic (exact) mass is 474 g/mol. The zero-order valence-corrected chi connectivity index (χ0v) is 16.9. The van der Waals surface area contributed by atoms with Crippen molar-refractivity contribution in [1.82, 2.24) is 4.98 Å². The second-order valence-electron chi connectivity index (χ2n) is 6.00. The van der Waals surface area contributed by atoms with Crippen LogP contribution in [-0.4, -0.2) is 30.5 Å². The summed E-state index contributed by atoms with van der Waals surface area (Å²) in [5.41, 5.74) is 0.263. The highest BCUT2D eigenvalue weighted by molar-refractivity contribution is 9.10. The molecule has 2 aromatic rings. The minimum absolute atomic E-state index is 0.219. The Kier molecular flexibility index (Phi) is 6.03. The number of halogens is 4. The van der Waals surface area contributed by atoms with Gasteiger partial charge in [-0.3, -0.25) is 0 Å². The van der Waals surface area contributed by atoms with E-state index in [4.69, 9.17) is 4.74 Å². The number of aliphatic hydroxyl groups is 1. The van der Waals surface area contributed by atoms with E-state index in [1.54, 1.807) is 0 Å². The van der Waals surface area contributed by atoms with Crippen LogP contribution in [0.1, 0.15) is 20.8 Å². The second-order valence-corrected chi connectivity index (χ2v) is 9.26. The molecule has 0 radical (unpaired) electrons. The van der Waals surface area contributed by atoms with Gasteiger partial charge < -0.3 is 9.84 Å². The van der Waals surface area contributed by atoms with E-state index in [1.165, 1.54) is 31.7 Å². The van der Waals surface area contributed by atoms with Crippen LogP contribution < -0.4 is 4.31 Å². The molecule has 1 atom stereocenters. The molecule has 6 nitrogen and oxygen atoms in total. The lowest BCUT2D eigenvalue weighted by Gasteiger charge is -2.32. The van der Waals surface area contributed by atoms with Gasteiger partial charge in [-0.15, -0.1) is 11.3 Å². The number of hydrogen-bond donors (Lipinski definition) is 1. The first kappa shape index (κ1) is 21.1. The minimum Gasteiger partial charge on any atom is -0.350 e. The Morgan fingerprint density at radius 3 is 2.42 bits per heavy atom. The second kappa shape index (κ2) is 7.43. The van der Waals surface area contributed by atoms with Gasteiger partial charge in [-0.1, -0.05) is 0 Å². The van der Waals surface area contributed by atoms with Gasteiger partial charge in [-0.2, -0.15) is 4.31 Å². The molecule has 0 spiro atoms. The van der Waals surface area contributed by atoms with Crippen molar-refractivity contribution in [2.45, 2.75) is 37.7 Å². The smallest absolute Gasteiger partial charge is 0.275 e. The van der Waals surface area contributed by atoms with Gasteiger partial charge in [0.25, 0.3) is 16.4 Å². The van der Waals surface area contributed by atoms with Crippen LogP contribution in [0.5, 0.6) is 0 Å². The molecule has 2 rings (SSSR count). The van der Waals surface area contributed by atoms with Crippen LogP contribution in [-0.2, 0) is 14.8 Å². The molecule has 0 aliphatic carbocycles. The minimum atomic E-state index is -5.04. The molecule has 26 heavy (non-hydrogen) atoms. The molecule has 0 amide bonds. The maximum atomic E-state index is 14.3. The fraction of sp³-hybridized carbons (Fsp3) is 0.357. The van der Waals surface area contributed by atoms with E-state index in [0.717, 1.165) is 11.3 Å². The molecule has 0 saturated carbocycles.